The molecule has 7 atom stereocenters. The van der Waals surface area contributed by atoms with Crippen LogP contribution in [0.5, 0.6) is 0 Å². The molecule has 1 aliphatic carbocycles. The lowest BCUT2D eigenvalue weighted by molar-refractivity contribution is -0.148. The summed E-state index contributed by atoms with van der Waals surface area (Å²) >= 11 is 0. The van der Waals surface area contributed by atoms with Gasteiger partial charge in [0.2, 0.25) is 29.4 Å². The molecule has 0 spiro atoms. The van der Waals surface area contributed by atoms with Crippen LogP contribution < -0.4 is 21.3 Å². The first-order valence-electron chi connectivity index (χ1n) is 19.9. The van der Waals surface area contributed by atoms with Gasteiger partial charge >= 0.3 is 11.9 Å². The zero-order chi connectivity index (χ0) is 42.4. The lowest BCUT2D eigenvalue weighted by Gasteiger charge is -2.35. The molecule has 2 fully saturated rings. The number of amides is 5. The molecular formula is C42H55N5O11. The quantitative estimate of drug-likeness (QED) is 0.106. The van der Waals surface area contributed by atoms with Gasteiger partial charge < -0.3 is 41.1 Å². The highest BCUT2D eigenvalue weighted by molar-refractivity contribution is 6.38. The molecule has 0 bridgehead atoms. The summed E-state index contributed by atoms with van der Waals surface area (Å²) in [6.45, 7) is 4.13. The molecule has 4 rings (SSSR count). The maximum absolute atomic E-state index is 14.6. The van der Waals surface area contributed by atoms with Crippen LogP contribution in [0.3, 0.4) is 0 Å². The van der Waals surface area contributed by atoms with E-state index in [1.807, 2.05) is 30.3 Å². The van der Waals surface area contributed by atoms with E-state index >= 15 is 0 Å². The molecule has 314 valence electrons. The largest absolute Gasteiger partial charge is 0.481 e. The third kappa shape index (κ3) is 12.4. The highest BCUT2D eigenvalue weighted by atomic mass is 16.5. The second kappa shape index (κ2) is 21.8. The van der Waals surface area contributed by atoms with Crippen molar-refractivity contribution in [1.82, 2.24) is 26.2 Å². The molecule has 2 aliphatic rings. The van der Waals surface area contributed by atoms with Crippen molar-refractivity contribution in [2.75, 3.05) is 13.1 Å². The van der Waals surface area contributed by atoms with E-state index in [1.54, 1.807) is 25.1 Å². The number of carbonyl (C=O) groups is 8. The maximum atomic E-state index is 14.6. The van der Waals surface area contributed by atoms with E-state index in [4.69, 9.17) is 4.74 Å². The molecule has 5 unspecified atom stereocenters. The topological polar surface area (TPSA) is 238 Å². The van der Waals surface area contributed by atoms with Crippen molar-refractivity contribution in [2.45, 2.75) is 109 Å². The fourth-order valence-electron chi connectivity index (χ4n) is 7.33. The lowest BCUT2D eigenvalue weighted by atomic mass is 9.82. The van der Waals surface area contributed by atoms with Gasteiger partial charge in [0.25, 0.3) is 5.91 Å². The van der Waals surface area contributed by atoms with Crippen LogP contribution in [-0.2, 0) is 49.7 Å². The summed E-state index contributed by atoms with van der Waals surface area (Å²) in [6.07, 6.45) is 3.77. The minimum atomic E-state index is -1.39. The number of nitrogens with one attached hydrogen (secondary N) is 4. The van der Waals surface area contributed by atoms with E-state index < -0.39 is 95.9 Å². The second-order valence-electron chi connectivity index (χ2n) is 15.1. The molecule has 58 heavy (non-hydrogen) atoms. The summed E-state index contributed by atoms with van der Waals surface area (Å²) in [5.74, 6) is -9.62. The Morgan fingerprint density at radius 2 is 1.45 bits per heavy atom. The molecule has 2 aromatic rings. The highest BCUT2D eigenvalue weighted by Crippen LogP contribution is 2.31. The Kier molecular flexibility index (Phi) is 16.9. The SMILES string of the molecule is CCCC(NC(=O)[C@@H]1C[C@@H](OCc2ccccc2)CN1C(=O)C(NC(=O)C(C)C(C)C(=O)O)C1CCCCC1)C(=O)C(=O)NCC(=O)NC(C(=O)O)c1ccccc1. The first kappa shape index (κ1) is 45.1. The average Bonchev–Trinajstić information content (AvgIpc) is 3.67. The third-order valence-corrected chi connectivity index (χ3v) is 10.9. The van der Waals surface area contributed by atoms with Crippen molar-refractivity contribution in [3.05, 3.63) is 71.8 Å². The van der Waals surface area contributed by atoms with Gasteiger partial charge in [0, 0.05) is 18.9 Å². The zero-order valence-corrected chi connectivity index (χ0v) is 33.2. The number of carboxylic acids is 2. The Hall–Kier alpha value is -5.64. The van der Waals surface area contributed by atoms with E-state index in [1.165, 1.54) is 30.9 Å². The Morgan fingerprint density at radius 1 is 0.810 bits per heavy atom. The second-order valence-corrected chi connectivity index (χ2v) is 15.1. The molecule has 6 N–H and O–H groups in total. The van der Waals surface area contributed by atoms with Crippen molar-refractivity contribution in [3.63, 3.8) is 0 Å². The normalized spacial score (nSPS) is 19.4. The number of hydrogen-bond donors (Lipinski definition) is 6. The molecule has 0 radical (unpaired) electrons. The molecule has 1 aliphatic heterocycles. The smallest absolute Gasteiger partial charge is 0.330 e. The number of aliphatic carboxylic acids is 2. The van der Waals surface area contributed by atoms with Crippen molar-refractivity contribution in [1.29, 1.82) is 0 Å². The number of hydrogen-bond acceptors (Lipinski definition) is 9. The Morgan fingerprint density at radius 3 is 2.05 bits per heavy atom. The molecular weight excluding hydrogens is 750 g/mol. The van der Waals surface area contributed by atoms with Gasteiger partial charge in [-0.3, -0.25) is 33.6 Å². The van der Waals surface area contributed by atoms with Crippen LogP contribution in [0.25, 0.3) is 0 Å². The first-order valence-corrected chi connectivity index (χ1v) is 19.9. The fourth-order valence-corrected chi connectivity index (χ4v) is 7.33. The van der Waals surface area contributed by atoms with Gasteiger partial charge in [0.1, 0.15) is 12.1 Å². The molecule has 16 nitrogen and oxygen atoms in total. The minimum absolute atomic E-state index is 0.00771. The number of carboxylic acid groups (broad SMARTS) is 2. The highest BCUT2D eigenvalue weighted by Gasteiger charge is 2.46. The van der Waals surface area contributed by atoms with Gasteiger partial charge in [0.05, 0.1) is 31.2 Å². The number of benzene rings is 2. The van der Waals surface area contributed by atoms with E-state index in [9.17, 15) is 48.6 Å². The van der Waals surface area contributed by atoms with Crippen LogP contribution in [0.1, 0.15) is 89.3 Å². The number of Topliss-reactive ketones (excluding diaryl/α,β-unsaturated/α-hetero) is 1. The number of nitrogens with zero attached hydrogens (tertiary/aromatic N) is 1. The van der Waals surface area contributed by atoms with Crippen LogP contribution in [0, 0.1) is 17.8 Å². The monoisotopic (exact) mass is 805 g/mol. The zero-order valence-electron chi connectivity index (χ0n) is 33.2. The van der Waals surface area contributed by atoms with Crippen LogP contribution in [-0.4, -0.2) is 99.7 Å². The van der Waals surface area contributed by atoms with Crippen LogP contribution in [0.2, 0.25) is 0 Å². The van der Waals surface area contributed by atoms with Crippen LogP contribution >= 0.6 is 0 Å². The summed E-state index contributed by atoms with van der Waals surface area (Å²) in [6, 6.07) is 12.3. The molecule has 1 saturated carbocycles. The summed E-state index contributed by atoms with van der Waals surface area (Å²) in [5, 5.41) is 29.2. The number of likely N-dealkylation sites (tertiary alicyclic amines) is 1. The summed E-state index contributed by atoms with van der Waals surface area (Å²) in [7, 11) is 0. The van der Waals surface area contributed by atoms with Crippen LogP contribution in [0.15, 0.2) is 60.7 Å². The van der Waals surface area contributed by atoms with E-state index in [-0.39, 0.29) is 31.9 Å². The van der Waals surface area contributed by atoms with E-state index in [2.05, 4.69) is 21.3 Å². The van der Waals surface area contributed by atoms with E-state index in [0.29, 0.717) is 24.8 Å². The molecule has 16 heteroatoms. The molecule has 0 aromatic heterocycles. The number of ketones is 1. The molecule has 1 heterocycles. The van der Waals surface area contributed by atoms with Gasteiger partial charge in [-0.05, 0) is 36.3 Å². The van der Waals surface area contributed by atoms with Gasteiger partial charge in [-0.15, -0.1) is 0 Å². The molecule has 1 saturated heterocycles. The Balaban J connectivity index is 1.51. The number of rotatable bonds is 20. The van der Waals surface area contributed by atoms with Crippen molar-refractivity contribution < 1.29 is 53.3 Å². The van der Waals surface area contributed by atoms with Crippen LogP contribution in [0.4, 0.5) is 0 Å². The summed E-state index contributed by atoms with van der Waals surface area (Å²) < 4.78 is 6.18. The van der Waals surface area contributed by atoms with Gasteiger partial charge in [-0.1, -0.05) is 107 Å². The van der Waals surface area contributed by atoms with Gasteiger partial charge in [0.15, 0.2) is 6.04 Å². The van der Waals surface area contributed by atoms with Gasteiger partial charge in [-0.25, -0.2) is 4.79 Å². The Labute approximate surface area is 337 Å². The lowest BCUT2D eigenvalue weighted by Crippen LogP contribution is -2.58. The van der Waals surface area contributed by atoms with Gasteiger partial charge in [-0.2, -0.15) is 0 Å². The Bertz CT molecular complexity index is 1770. The van der Waals surface area contributed by atoms with Crippen molar-refractivity contribution in [3.8, 4) is 0 Å². The standard InChI is InChI=1S/C42H55N5O11/c1-4-14-31(36(49)39(52)43-22-33(48)45-35(42(56)57)29-19-12-7-13-20-29)44-38(51)32-21-30(58-24-27-15-8-5-9-16-27)23-47(32)40(53)34(28-17-10-6-11-18-28)46-37(50)25(2)26(3)41(54)55/h5,7-9,12-13,15-16,19-20,25-26,28,30-32,34-35H,4,6,10-11,14,17-18,21-24H2,1-3H3,(H,43,52)(H,44,51)(H,45,48)(H,46,50)(H,54,55)(H,56,57)/t25?,26?,30-,31?,32+,34?,35?/m1/s1. The predicted molar refractivity (Wildman–Crippen MR) is 209 cm³/mol. The van der Waals surface area contributed by atoms with Crippen molar-refractivity contribution in [2.24, 2.45) is 17.8 Å². The molecule has 5 amide bonds. The number of ether oxygens (including phenoxy) is 1. The first-order chi connectivity index (χ1) is 27.7. The maximum Gasteiger partial charge on any atom is 0.330 e. The summed E-state index contributed by atoms with van der Waals surface area (Å²) in [5.41, 5.74) is 1.17. The summed E-state index contributed by atoms with van der Waals surface area (Å²) in [4.78, 5) is 106. The minimum Gasteiger partial charge on any atom is -0.481 e. The van der Waals surface area contributed by atoms with E-state index in [0.717, 1.165) is 24.8 Å². The predicted octanol–water partition coefficient (Wildman–Crippen LogP) is 2.51. The number of carbonyl (C=O) groups excluding carboxylic acids is 6. The fraction of sp³-hybridized carbons (Fsp3) is 0.524. The average molecular weight is 806 g/mol. The molecule has 2 aromatic carbocycles. The van der Waals surface area contributed by atoms with Crippen molar-refractivity contribution >= 4 is 47.3 Å². The third-order valence-electron chi connectivity index (χ3n) is 10.9.